The number of carbonyl (C=O) groups is 2. The number of urea groups is 1. The highest BCUT2D eigenvalue weighted by Crippen LogP contribution is 2.20. The molecule has 1 aliphatic rings. The molecule has 132 valence electrons. The largest absolute Gasteiger partial charge is 0.444 e. The zero-order chi connectivity index (χ0) is 17.7. The minimum Gasteiger partial charge on any atom is -0.444 e. The molecule has 24 heavy (non-hydrogen) atoms. The monoisotopic (exact) mass is 335 g/mol. The number of carbonyl (C=O) groups excluding carboxylic acids is 2. The number of hydrogen-bond donors (Lipinski definition) is 3. The van der Waals surface area contributed by atoms with E-state index in [2.05, 4.69) is 15.8 Å². The Hall–Kier alpha value is -2.64. The Bertz CT molecular complexity index is 574. The number of nitrogens with zero attached hydrogens (tertiary/aromatic N) is 2. The third-order valence-corrected chi connectivity index (χ3v) is 3.49. The summed E-state index contributed by atoms with van der Waals surface area (Å²) >= 11 is 0. The molecule has 1 fully saturated rings. The lowest BCUT2D eigenvalue weighted by Crippen LogP contribution is -2.50. The van der Waals surface area contributed by atoms with Crippen LogP contribution < -0.4 is 21.5 Å². The van der Waals surface area contributed by atoms with Gasteiger partial charge >= 0.3 is 12.1 Å². The van der Waals surface area contributed by atoms with E-state index < -0.39 is 11.6 Å². The van der Waals surface area contributed by atoms with Gasteiger partial charge in [-0.3, -0.25) is 10.9 Å². The minimum absolute atomic E-state index is 0.265. The van der Waals surface area contributed by atoms with Gasteiger partial charge in [0.2, 0.25) is 0 Å². The van der Waals surface area contributed by atoms with Crippen LogP contribution in [0.4, 0.5) is 21.0 Å². The van der Waals surface area contributed by atoms with Gasteiger partial charge in [0, 0.05) is 31.9 Å². The molecule has 8 heteroatoms. The fourth-order valence-electron chi connectivity index (χ4n) is 2.36. The quantitative estimate of drug-likeness (QED) is 0.731. The number of hydrogen-bond acceptors (Lipinski definition) is 5. The Balaban J connectivity index is 1.85. The Labute approximate surface area is 141 Å². The van der Waals surface area contributed by atoms with Crippen molar-refractivity contribution in [1.82, 2.24) is 10.3 Å². The Morgan fingerprint density at radius 1 is 1.08 bits per heavy atom. The van der Waals surface area contributed by atoms with Crippen LogP contribution in [-0.2, 0) is 4.74 Å². The van der Waals surface area contributed by atoms with Crippen LogP contribution in [0.2, 0.25) is 0 Å². The van der Waals surface area contributed by atoms with Crippen LogP contribution >= 0.6 is 0 Å². The second-order valence-corrected chi connectivity index (χ2v) is 6.62. The van der Waals surface area contributed by atoms with Crippen LogP contribution in [0.25, 0.3) is 0 Å². The van der Waals surface area contributed by atoms with Crippen molar-refractivity contribution in [2.75, 3.05) is 36.5 Å². The molecule has 0 radical (unpaired) electrons. The number of piperazine rings is 1. The molecule has 1 aliphatic heterocycles. The van der Waals surface area contributed by atoms with Crippen molar-refractivity contribution in [3.8, 4) is 0 Å². The Kier molecular flexibility index (Phi) is 5.38. The Morgan fingerprint density at radius 3 is 2.17 bits per heavy atom. The Morgan fingerprint density at radius 2 is 1.67 bits per heavy atom. The molecule has 3 amide bonds. The van der Waals surface area contributed by atoms with E-state index in [1.165, 1.54) is 0 Å². The van der Waals surface area contributed by atoms with E-state index in [-0.39, 0.29) is 6.09 Å². The van der Waals surface area contributed by atoms with Crippen molar-refractivity contribution in [2.45, 2.75) is 26.4 Å². The maximum Gasteiger partial charge on any atom is 0.410 e. The lowest BCUT2D eigenvalue weighted by molar-refractivity contribution is 0.0240. The SMILES string of the molecule is CC(C)(C)OC(=O)N1CCN(c2ccc(NNC(N)=O)cc2)CC1. The minimum atomic E-state index is -0.641. The van der Waals surface area contributed by atoms with Crippen LogP contribution in [0.15, 0.2) is 24.3 Å². The number of rotatable bonds is 3. The van der Waals surface area contributed by atoms with Gasteiger partial charge in [-0.15, -0.1) is 0 Å². The number of anilines is 2. The van der Waals surface area contributed by atoms with E-state index in [4.69, 9.17) is 10.5 Å². The second-order valence-electron chi connectivity index (χ2n) is 6.62. The van der Waals surface area contributed by atoms with Crippen LogP contribution in [0.1, 0.15) is 20.8 Å². The third kappa shape index (κ3) is 5.22. The number of hydrazine groups is 1. The summed E-state index contributed by atoms with van der Waals surface area (Å²) in [4.78, 5) is 26.6. The molecule has 1 heterocycles. The van der Waals surface area contributed by atoms with Gasteiger partial charge in [-0.25, -0.2) is 9.59 Å². The highest BCUT2D eigenvalue weighted by Gasteiger charge is 2.25. The first-order valence-electron chi connectivity index (χ1n) is 7.89. The zero-order valence-electron chi connectivity index (χ0n) is 14.3. The fraction of sp³-hybridized carbons (Fsp3) is 0.500. The topological polar surface area (TPSA) is 99.9 Å². The lowest BCUT2D eigenvalue weighted by Gasteiger charge is -2.36. The molecule has 4 N–H and O–H groups in total. The lowest BCUT2D eigenvalue weighted by atomic mass is 10.2. The zero-order valence-corrected chi connectivity index (χ0v) is 14.3. The summed E-state index contributed by atoms with van der Waals surface area (Å²) in [6, 6.07) is 6.97. The maximum absolute atomic E-state index is 12.1. The van der Waals surface area contributed by atoms with Crippen molar-refractivity contribution in [3.63, 3.8) is 0 Å². The standard InChI is InChI=1S/C16H25N5O3/c1-16(2,3)24-15(23)21-10-8-20(9-11-21)13-6-4-12(5-7-13)18-19-14(17)22/h4-7,18H,8-11H2,1-3H3,(H3,17,19,22). The number of amides is 3. The molecule has 0 unspecified atom stereocenters. The molecule has 0 aliphatic carbocycles. The summed E-state index contributed by atoms with van der Waals surface area (Å²) in [5.74, 6) is 0. The molecule has 0 aromatic heterocycles. The van der Waals surface area contributed by atoms with Gasteiger partial charge in [0.15, 0.2) is 0 Å². The summed E-state index contributed by atoms with van der Waals surface area (Å²) < 4.78 is 5.40. The first-order valence-corrected chi connectivity index (χ1v) is 7.89. The van der Waals surface area contributed by atoms with E-state index in [0.29, 0.717) is 13.1 Å². The number of benzene rings is 1. The summed E-state index contributed by atoms with van der Waals surface area (Å²) in [5.41, 5.74) is 11.3. The van der Waals surface area contributed by atoms with Gasteiger partial charge in [-0.2, -0.15) is 0 Å². The third-order valence-electron chi connectivity index (χ3n) is 3.49. The summed E-state index contributed by atoms with van der Waals surface area (Å²) in [5, 5.41) is 0. The first-order chi connectivity index (χ1) is 11.2. The normalized spacial score (nSPS) is 15.0. The molecule has 0 bridgehead atoms. The second kappa shape index (κ2) is 7.29. The smallest absolute Gasteiger partial charge is 0.410 e. The van der Waals surface area contributed by atoms with Crippen molar-refractivity contribution >= 4 is 23.5 Å². The predicted octanol–water partition coefficient (Wildman–Crippen LogP) is 1.74. The van der Waals surface area contributed by atoms with Gasteiger partial charge in [-0.1, -0.05) is 0 Å². The van der Waals surface area contributed by atoms with E-state index in [1.54, 1.807) is 4.90 Å². The maximum atomic E-state index is 12.1. The first kappa shape index (κ1) is 17.7. The summed E-state index contributed by atoms with van der Waals surface area (Å²) in [6.45, 7) is 8.32. The predicted molar refractivity (Wildman–Crippen MR) is 92.8 cm³/mol. The van der Waals surface area contributed by atoms with Crippen molar-refractivity contribution in [3.05, 3.63) is 24.3 Å². The van der Waals surface area contributed by atoms with Crippen molar-refractivity contribution in [1.29, 1.82) is 0 Å². The molecular weight excluding hydrogens is 310 g/mol. The average molecular weight is 335 g/mol. The van der Waals surface area contributed by atoms with Crippen LogP contribution in [0.3, 0.4) is 0 Å². The average Bonchev–Trinajstić information content (AvgIpc) is 2.52. The summed E-state index contributed by atoms with van der Waals surface area (Å²) in [6.07, 6.45) is -0.265. The highest BCUT2D eigenvalue weighted by atomic mass is 16.6. The van der Waals surface area contributed by atoms with E-state index in [1.807, 2.05) is 45.0 Å². The van der Waals surface area contributed by atoms with Crippen molar-refractivity contribution < 1.29 is 14.3 Å². The number of primary amides is 1. The molecule has 1 saturated heterocycles. The molecule has 8 nitrogen and oxygen atoms in total. The highest BCUT2D eigenvalue weighted by molar-refractivity contribution is 5.73. The van der Waals surface area contributed by atoms with Gasteiger partial charge in [0.25, 0.3) is 0 Å². The molecular formula is C16H25N5O3. The molecule has 2 rings (SSSR count). The van der Waals surface area contributed by atoms with E-state index in [9.17, 15) is 9.59 Å². The number of nitrogens with one attached hydrogen (secondary N) is 2. The van der Waals surface area contributed by atoms with E-state index >= 15 is 0 Å². The summed E-state index contributed by atoms with van der Waals surface area (Å²) in [7, 11) is 0. The molecule has 1 aromatic carbocycles. The van der Waals surface area contributed by atoms with Crippen LogP contribution in [-0.4, -0.2) is 48.8 Å². The van der Waals surface area contributed by atoms with Crippen molar-refractivity contribution in [2.24, 2.45) is 5.73 Å². The number of nitrogens with two attached hydrogens (primary N) is 1. The molecule has 0 spiro atoms. The van der Waals surface area contributed by atoms with Crippen LogP contribution in [0.5, 0.6) is 0 Å². The molecule has 0 atom stereocenters. The van der Waals surface area contributed by atoms with Gasteiger partial charge < -0.3 is 20.3 Å². The van der Waals surface area contributed by atoms with E-state index in [0.717, 1.165) is 24.5 Å². The van der Waals surface area contributed by atoms with Crippen LogP contribution in [0, 0.1) is 0 Å². The van der Waals surface area contributed by atoms with Gasteiger partial charge in [0.1, 0.15) is 5.60 Å². The number of ether oxygens (including phenoxy) is 1. The van der Waals surface area contributed by atoms with Gasteiger partial charge in [-0.05, 0) is 45.0 Å². The molecule has 0 saturated carbocycles. The van der Waals surface area contributed by atoms with Gasteiger partial charge in [0.05, 0.1) is 5.69 Å². The molecule has 1 aromatic rings. The fourth-order valence-corrected chi connectivity index (χ4v) is 2.36.